The minimum absolute atomic E-state index is 0.0291. The van der Waals surface area contributed by atoms with Crippen molar-refractivity contribution in [2.45, 2.75) is 51.2 Å². The number of rotatable bonds is 3. The predicted molar refractivity (Wildman–Crippen MR) is 115 cm³/mol. The molecule has 0 radical (unpaired) electrons. The number of benzene rings is 2. The van der Waals surface area contributed by atoms with Crippen molar-refractivity contribution < 1.29 is 14.6 Å². The van der Waals surface area contributed by atoms with E-state index >= 15 is 0 Å². The molecule has 2 fully saturated rings. The third-order valence-electron chi connectivity index (χ3n) is 7.25. The van der Waals surface area contributed by atoms with E-state index in [1.807, 2.05) is 44.2 Å². The molecule has 2 bridgehead atoms. The van der Waals surface area contributed by atoms with Gasteiger partial charge in [0, 0.05) is 5.02 Å². The summed E-state index contributed by atoms with van der Waals surface area (Å²) in [4.78, 5) is 13.6. The Morgan fingerprint density at radius 3 is 2.28 bits per heavy atom. The molecule has 0 spiro atoms. The van der Waals surface area contributed by atoms with E-state index in [1.54, 1.807) is 0 Å². The number of ketones is 1. The van der Waals surface area contributed by atoms with Crippen LogP contribution in [-0.4, -0.2) is 22.1 Å². The maximum Gasteiger partial charge on any atom is 0.173 e. The minimum Gasteiger partial charge on any atom is -0.511 e. The normalized spacial score (nSPS) is 32.9. The van der Waals surface area contributed by atoms with Crippen LogP contribution in [0.2, 0.25) is 5.02 Å². The van der Waals surface area contributed by atoms with Crippen LogP contribution >= 0.6 is 11.6 Å². The van der Waals surface area contributed by atoms with Gasteiger partial charge in [-0.25, -0.2) is 0 Å². The molecule has 0 unspecified atom stereocenters. The van der Waals surface area contributed by atoms with Crippen LogP contribution in [0.15, 0.2) is 48.2 Å². The lowest BCUT2D eigenvalue weighted by Gasteiger charge is -2.30. The zero-order chi connectivity index (χ0) is 20.6. The monoisotopic (exact) mass is 408 g/mol. The maximum absolute atomic E-state index is 13.6. The standard InChI is InChI=1S/C25H25ClO3/c1-4-14-5-6-16(15-7-9-17(26)10-8-15)13-18(14)19-22(27)20-21(23(19)28)25(3)12-11-24(20,2)29-25/h5-10,13,20-21,27H,4,11-12H2,1-3H3/t20-,21+,24-,25+/m1/s1. The highest BCUT2D eigenvalue weighted by Gasteiger charge is 2.69. The van der Waals surface area contributed by atoms with E-state index < -0.39 is 11.2 Å². The number of carbonyl (C=O) groups is 1. The predicted octanol–water partition coefficient (Wildman–Crippen LogP) is 6.00. The number of fused-ring (bicyclic) bond motifs is 5. The topological polar surface area (TPSA) is 46.5 Å². The van der Waals surface area contributed by atoms with E-state index in [0.29, 0.717) is 10.6 Å². The van der Waals surface area contributed by atoms with Gasteiger partial charge in [-0.15, -0.1) is 0 Å². The molecule has 2 aliphatic heterocycles. The lowest BCUT2D eigenvalue weighted by Crippen LogP contribution is -2.39. The molecule has 3 aliphatic rings. The largest absolute Gasteiger partial charge is 0.511 e. The number of Topliss-reactive ketones (excluding diaryl/α,β-unsaturated/α-hetero) is 1. The van der Waals surface area contributed by atoms with E-state index in [0.717, 1.165) is 41.5 Å². The Balaban J connectivity index is 1.65. The van der Waals surface area contributed by atoms with Crippen molar-refractivity contribution in [3.63, 3.8) is 0 Å². The second-order valence-electron chi connectivity index (χ2n) is 9.04. The molecular weight excluding hydrogens is 384 g/mol. The maximum atomic E-state index is 13.6. The number of halogens is 1. The summed E-state index contributed by atoms with van der Waals surface area (Å²) in [7, 11) is 0. The van der Waals surface area contributed by atoms with Crippen molar-refractivity contribution in [2.75, 3.05) is 0 Å². The number of hydrogen-bond acceptors (Lipinski definition) is 3. The molecule has 0 aromatic heterocycles. The third-order valence-corrected chi connectivity index (χ3v) is 7.50. The van der Waals surface area contributed by atoms with Crippen LogP contribution in [0.25, 0.3) is 16.7 Å². The molecule has 29 heavy (non-hydrogen) atoms. The van der Waals surface area contributed by atoms with Crippen molar-refractivity contribution in [1.82, 2.24) is 0 Å². The van der Waals surface area contributed by atoms with Crippen LogP contribution in [0.1, 0.15) is 44.7 Å². The van der Waals surface area contributed by atoms with Crippen molar-refractivity contribution in [3.8, 4) is 11.1 Å². The van der Waals surface area contributed by atoms with Gasteiger partial charge in [0.15, 0.2) is 5.78 Å². The second kappa shape index (κ2) is 6.20. The van der Waals surface area contributed by atoms with Gasteiger partial charge in [-0.1, -0.05) is 42.8 Å². The summed E-state index contributed by atoms with van der Waals surface area (Å²) in [5.41, 5.74) is 3.52. The number of hydrogen-bond donors (Lipinski definition) is 1. The zero-order valence-electron chi connectivity index (χ0n) is 17.0. The molecule has 2 aromatic carbocycles. The molecule has 2 heterocycles. The summed E-state index contributed by atoms with van der Waals surface area (Å²) in [6.45, 7) is 6.15. The van der Waals surface area contributed by atoms with Gasteiger partial charge in [0.1, 0.15) is 5.76 Å². The van der Waals surface area contributed by atoms with Gasteiger partial charge in [-0.05, 0) is 73.6 Å². The van der Waals surface area contributed by atoms with Gasteiger partial charge in [0.25, 0.3) is 0 Å². The van der Waals surface area contributed by atoms with Crippen LogP contribution < -0.4 is 0 Å². The highest BCUT2D eigenvalue weighted by Crippen LogP contribution is 2.63. The number of carbonyl (C=O) groups excluding carboxylic acids is 1. The van der Waals surface area contributed by atoms with Crippen molar-refractivity contribution >= 4 is 23.0 Å². The quantitative estimate of drug-likeness (QED) is 0.677. The molecule has 0 saturated carbocycles. The Morgan fingerprint density at radius 2 is 1.66 bits per heavy atom. The fraction of sp³-hybridized carbons (Fsp3) is 0.400. The van der Waals surface area contributed by atoms with E-state index in [9.17, 15) is 9.90 Å². The summed E-state index contributed by atoms with van der Waals surface area (Å²) < 4.78 is 6.27. The van der Waals surface area contributed by atoms with Gasteiger partial charge in [-0.2, -0.15) is 0 Å². The van der Waals surface area contributed by atoms with Gasteiger partial charge < -0.3 is 9.84 Å². The van der Waals surface area contributed by atoms with E-state index in [4.69, 9.17) is 16.3 Å². The van der Waals surface area contributed by atoms with E-state index in [2.05, 4.69) is 19.1 Å². The van der Waals surface area contributed by atoms with Crippen LogP contribution in [0.5, 0.6) is 0 Å². The number of aliphatic hydroxyl groups excluding tert-OH is 1. The number of allylic oxidation sites excluding steroid dienone is 1. The van der Waals surface area contributed by atoms with Crippen LogP contribution in [0.3, 0.4) is 0 Å². The molecular formula is C25H25ClO3. The molecule has 5 rings (SSSR count). The smallest absolute Gasteiger partial charge is 0.173 e. The van der Waals surface area contributed by atoms with Crippen molar-refractivity contribution in [3.05, 3.63) is 64.4 Å². The van der Waals surface area contributed by atoms with Crippen LogP contribution in [-0.2, 0) is 16.0 Å². The van der Waals surface area contributed by atoms with Gasteiger partial charge >= 0.3 is 0 Å². The Morgan fingerprint density at radius 1 is 1.03 bits per heavy atom. The first-order chi connectivity index (χ1) is 13.8. The summed E-state index contributed by atoms with van der Waals surface area (Å²) in [6.07, 6.45) is 2.53. The Kier molecular flexibility index (Phi) is 4.04. The highest BCUT2D eigenvalue weighted by atomic mass is 35.5. The fourth-order valence-corrected chi connectivity index (χ4v) is 5.92. The molecule has 3 nitrogen and oxygen atoms in total. The summed E-state index contributed by atoms with van der Waals surface area (Å²) in [5, 5.41) is 12.0. The van der Waals surface area contributed by atoms with Crippen LogP contribution in [0, 0.1) is 11.8 Å². The summed E-state index contributed by atoms with van der Waals surface area (Å²) >= 11 is 6.04. The van der Waals surface area contributed by atoms with E-state index in [-0.39, 0.29) is 23.4 Å². The van der Waals surface area contributed by atoms with Crippen LogP contribution in [0.4, 0.5) is 0 Å². The Labute approximate surface area is 176 Å². The van der Waals surface area contributed by atoms with Crippen molar-refractivity contribution in [1.29, 1.82) is 0 Å². The minimum atomic E-state index is -0.480. The highest BCUT2D eigenvalue weighted by molar-refractivity contribution is 6.30. The van der Waals surface area contributed by atoms with Gasteiger partial charge in [0.05, 0.1) is 28.6 Å². The summed E-state index contributed by atoms with van der Waals surface area (Å²) in [5.74, 6) is -0.289. The average Bonchev–Trinajstić information content (AvgIpc) is 3.25. The lowest BCUT2D eigenvalue weighted by atomic mass is 9.68. The van der Waals surface area contributed by atoms with Crippen molar-refractivity contribution in [2.24, 2.45) is 11.8 Å². The second-order valence-corrected chi connectivity index (χ2v) is 9.48. The third kappa shape index (κ3) is 2.57. The molecule has 0 amide bonds. The lowest BCUT2D eigenvalue weighted by molar-refractivity contribution is -0.121. The fourth-order valence-electron chi connectivity index (χ4n) is 5.80. The number of aryl methyl sites for hydroxylation is 1. The average molecular weight is 409 g/mol. The molecule has 4 atom stereocenters. The summed E-state index contributed by atoms with van der Waals surface area (Å²) in [6, 6.07) is 13.9. The molecule has 2 aromatic rings. The number of ether oxygens (including phenoxy) is 1. The Bertz CT molecular complexity index is 1050. The molecule has 2 saturated heterocycles. The van der Waals surface area contributed by atoms with Gasteiger partial charge in [-0.3, -0.25) is 4.79 Å². The molecule has 4 heteroatoms. The van der Waals surface area contributed by atoms with E-state index in [1.165, 1.54) is 0 Å². The molecule has 1 aliphatic carbocycles. The SMILES string of the molecule is CCc1ccc(-c2ccc(Cl)cc2)cc1C1=C(O)[C@H]2[C@@H](C1=O)[C@]1(C)CC[C@@]2(C)O1. The number of aliphatic hydroxyl groups is 1. The zero-order valence-corrected chi connectivity index (χ0v) is 17.7. The first-order valence-corrected chi connectivity index (χ1v) is 10.7. The molecule has 150 valence electrons. The van der Waals surface area contributed by atoms with Gasteiger partial charge in [0.2, 0.25) is 0 Å². The first kappa shape index (κ1) is 18.9. The first-order valence-electron chi connectivity index (χ1n) is 10.3. The molecule has 1 N–H and O–H groups in total. The Hall–Kier alpha value is -2.10.